The summed E-state index contributed by atoms with van der Waals surface area (Å²) in [5, 5.41) is 0. The van der Waals surface area contributed by atoms with Crippen LogP contribution in [0.5, 0.6) is 0 Å². The molecule has 0 saturated heterocycles. The van der Waals surface area contributed by atoms with Crippen molar-refractivity contribution in [1.29, 1.82) is 0 Å². The molecule has 0 atom stereocenters. The van der Waals surface area contributed by atoms with Gasteiger partial charge in [0.05, 0.1) is 0 Å². The first-order chi connectivity index (χ1) is 4.34. The van der Waals surface area contributed by atoms with Gasteiger partial charge in [0.15, 0.2) is 0 Å². The summed E-state index contributed by atoms with van der Waals surface area (Å²) < 4.78 is 1.25. The van der Waals surface area contributed by atoms with Gasteiger partial charge in [-0.1, -0.05) is 0 Å². The average molecular weight is 232 g/mol. The van der Waals surface area contributed by atoms with E-state index in [-0.39, 0.29) is 0 Å². The zero-order chi connectivity index (χ0) is 6.69. The first-order valence-electron chi connectivity index (χ1n) is 2.72. The molecule has 0 aliphatic carbocycles. The highest BCUT2D eigenvalue weighted by Gasteiger charge is 1.92. The molecule has 0 aliphatic rings. The Morgan fingerprint density at radius 2 is 2.44 bits per heavy atom. The minimum Gasteiger partial charge on any atom is -0.264 e. The molecule has 2 heteroatoms. The molecule has 1 radical (unpaired) electrons. The maximum atomic E-state index is 3.97. The molecule has 0 saturated carbocycles. The fraction of sp³-hybridized carbons (Fsp3) is 0.143. The Labute approximate surface area is 68.6 Å². The Morgan fingerprint density at radius 1 is 1.67 bits per heavy atom. The highest BCUT2D eigenvalue weighted by molar-refractivity contribution is 14.1. The molecule has 0 bridgehead atoms. The molecule has 0 spiro atoms. The molecule has 0 aliphatic heterocycles. The van der Waals surface area contributed by atoms with Gasteiger partial charge >= 0.3 is 0 Å². The number of rotatable bonds is 1. The average Bonchev–Trinajstić information content (AvgIpc) is 1.89. The zero-order valence-electron chi connectivity index (χ0n) is 4.97. The van der Waals surface area contributed by atoms with E-state index in [1.807, 2.05) is 12.3 Å². The SMILES string of the molecule is [CH2]Cc1cnccc1I. The summed E-state index contributed by atoms with van der Waals surface area (Å²) in [6.45, 7) is 3.77. The number of hydrogen-bond acceptors (Lipinski definition) is 1. The molecule has 1 aromatic heterocycles. The molecular formula is C7H7IN. The minimum absolute atomic E-state index is 0.826. The van der Waals surface area contributed by atoms with Gasteiger partial charge in [-0.25, -0.2) is 0 Å². The summed E-state index contributed by atoms with van der Waals surface area (Å²) in [4.78, 5) is 3.97. The minimum atomic E-state index is 0.826. The highest BCUT2D eigenvalue weighted by atomic mass is 127. The van der Waals surface area contributed by atoms with Crippen LogP contribution in [0.4, 0.5) is 0 Å². The maximum absolute atomic E-state index is 3.97. The fourth-order valence-electron chi connectivity index (χ4n) is 0.594. The van der Waals surface area contributed by atoms with E-state index in [0.717, 1.165) is 6.42 Å². The van der Waals surface area contributed by atoms with Crippen molar-refractivity contribution in [2.75, 3.05) is 0 Å². The van der Waals surface area contributed by atoms with Crippen LogP contribution < -0.4 is 0 Å². The van der Waals surface area contributed by atoms with Crippen molar-refractivity contribution < 1.29 is 0 Å². The van der Waals surface area contributed by atoms with Gasteiger partial charge in [-0.3, -0.25) is 4.98 Å². The van der Waals surface area contributed by atoms with Crippen LogP contribution in [0.25, 0.3) is 0 Å². The second-order valence-corrected chi connectivity index (χ2v) is 2.88. The largest absolute Gasteiger partial charge is 0.264 e. The summed E-state index contributed by atoms with van der Waals surface area (Å²) in [5.74, 6) is 0. The van der Waals surface area contributed by atoms with Gasteiger partial charge in [-0.05, 0) is 47.6 Å². The van der Waals surface area contributed by atoms with E-state index in [9.17, 15) is 0 Å². The topological polar surface area (TPSA) is 12.9 Å². The van der Waals surface area contributed by atoms with Gasteiger partial charge in [0.2, 0.25) is 0 Å². The van der Waals surface area contributed by atoms with Crippen molar-refractivity contribution in [2.24, 2.45) is 0 Å². The molecule has 0 amide bonds. The van der Waals surface area contributed by atoms with Gasteiger partial charge < -0.3 is 0 Å². The lowest BCUT2D eigenvalue weighted by Crippen LogP contribution is -1.85. The molecule has 47 valence electrons. The third-order valence-electron chi connectivity index (χ3n) is 1.11. The predicted molar refractivity (Wildman–Crippen MR) is 46.0 cm³/mol. The Morgan fingerprint density at radius 3 is 2.89 bits per heavy atom. The van der Waals surface area contributed by atoms with E-state index in [0.29, 0.717) is 0 Å². The van der Waals surface area contributed by atoms with E-state index < -0.39 is 0 Å². The van der Waals surface area contributed by atoms with Crippen LogP contribution in [-0.4, -0.2) is 4.98 Å². The van der Waals surface area contributed by atoms with Crippen LogP contribution in [0.2, 0.25) is 0 Å². The summed E-state index contributed by atoms with van der Waals surface area (Å²) >= 11 is 2.28. The van der Waals surface area contributed by atoms with Crippen molar-refractivity contribution in [1.82, 2.24) is 4.98 Å². The number of hydrogen-bond donors (Lipinski definition) is 0. The van der Waals surface area contributed by atoms with Crippen molar-refractivity contribution in [2.45, 2.75) is 6.42 Å². The van der Waals surface area contributed by atoms with Crippen LogP contribution in [0.3, 0.4) is 0 Å². The summed E-state index contributed by atoms with van der Waals surface area (Å²) in [6.07, 6.45) is 4.47. The van der Waals surface area contributed by atoms with Gasteiger partial charge in [0, 0.05) is 16.0 Å². The van der Waals surface area contributed by atoms with Crippen LogP contribution in [0, 0.1) is 10.5 Å². The van der Waals surface area contributed by atoms with Gasteiger partial charge in [-0.2, -0.15) is 0 Å². The van der Waals surface area contributed by atoms with Crippen molar-refractivity contribution in [3.63, 3.8) is 0 Å². The van der Waals surface area contributed by atoms with E-state index in [1.165, 1.54) is 9.13 Å². The van der Waals surface area contributed by atoms with Gasteiger partial charge in [0.1, 0.15) is 0 Å². The van der Waals surface area contributed by atoms with E-state index in [2.05, 4.69) is 34.5 Å². The molecule has 1 nitrogen and oxygen atoms in total. The molecule has 1 rings (SSSR count). The summed E-state index contributed by atoms with van der Waals surface area (Å²) in [5.41, 5.74) is 1.22. The molecule has 0 aromatic carbocycles. The molecule has 0 fully saturated rings. The van der Waals surface area contributed by atoms with Crippen molar-refractivity contribution >= 4 is 22.6 Å². The Kier molecular flexibility index (Phi) is 2.45. The van der Waals surface area contributed by atoms with Crippen molar-refractivity contribution in [3.05, 3.63) is 34.5 Å². The monoisotopic (exact) mass is 232 g/mol. The van der Waals surface area contributed by atoms with E-state index in [1.54, 1.807) is 6.20 Å². The molecule has 1 aromatic rings. The highest BCUT2D eigenvalue weighted by Crippen LogP contribution is 2.09. The zero-order valence-corrected chi connectivity index (χ0v) is 7.13. The van der Waals surface area contributed by atoms with E-state index in [4.69, 9.17) is 0 Å². The lowest BCUT2D eigenvalue weighted by Gasteiger charge is -1.95. The van der Waals surface area contributed by atoms with Crippen molar-refractivity contribution in [3.8, 4) is 0 Å². The van der Waals surface area contributed by atoms with E-state index >= 15 is 0 Å². The fourth-order valence-corrected chi connectivity index (χ4v) is 1.16. The lowest BCUT2D eigenvalue weighted by molar-refractivity contribution is 1.17. The molecule has 0 unspecified atom stereocenters. The van der Waals surface area contributed by atoms with Crippen LogP contribution >= 0.6 is 22.6 Å². The summed E-state index contributed by atoms with van der Waals surface area (Å²) in [7, 11) is 0. The quantitative estimate of drug-likeness (QED) is 0.675. The molecule has 0 N–H and O–H groups in total. The number of nitrogens with zero attached hydrogens (tertiary/aromatic N) is 1. The molecule has 1 heterocycles. The Hall–Kier alpha value is -0.120. The second-order valence-electron chi connectivity index (χ2n) is 1.72. The number of halogens is 1. The Balaban J connectivity index is 3.01. The van der Waals surface area contributed by atoms with Crippen LogP contribution in [0.15, 0.2) is 18.5 Å². The third-order valence-corrected chi connectivity index (χ3v) is 2.17. The standard InChI is InChI=1S/C7H7IN/c1-2-6-5-9-4-3-7(6)8/h3-5H,1-2H2. The first kappa shape index (κ1) is 6.99. The lowest BCUT2D eigenvalue weighted by atomic mass is 10.2. The van der Waals surface area contributed by atoms with Gasteiger partial charge in [-0.15, -0.1) is 0 Å². The number of aromatic nitrogens is 1. The van der Waals surface area contributed by atoms with Crippen LogP contribution in [0.1, 0.15) is 5.56 Å². The maximum Gasteiger partial charge on any atom is 0.0310 e. The van der Waals surface area contributed by atoms with Gasteiger partial charge in [0.25, 0.3) is 0 Å². The first-order valence-corrected chi connectivity index (χ1v) is 3.80. The molecular weight excluding hydrogens is 225 g/mol. The molecule has 9 heavy (non-hydrogen) atoms. The Bertz CT molecular complexity index is 198. The smallest absolute Gasteiger partial charge is 0.0310 e. The summed E-state index contributed by atoms with van der Waals surface area (Å²) in [6, 6.07) is 1.99. The second kappa shape index (κ2) is 3.15. The predicted octanol–water partition coefficient (Wildman–Crippen LogP) is 2.06. The number of pyridine rings is 1. The normalized spacial score (nSPS) is 9.56. The van der Waals surface area contributed by atoms with Crippen LogP contribution in [-0.2, 0) is 6.42 Å². The third kappa shape index (κ3) is 1.64.